The van der Waals surface area contributed by atoms with Crippen LogP contribution < -0.4 is 4.90 Å². The molecule has 2 heterocycles. The van der Waals surface area contributed by atoms with E-state index in [9.17, 15) is 14.7 Å². The summed E-state index contributed by atoms with van der Waals surface area (Å²) in [4.78, 5) is 32.6. The highest BCUT2D eigenvalue weighted by Gasteiger charge is 2.28. The summed E-state index contributed by atoms with van der Waals surface area (Å²) in [5, 5.41) is 9.38. The van der Waals surface area contributed by atoms with Crippen molar-refractivity contribution in [1.29, 1.82) is 0 Å². The van der Waals surface area contributed by atoms with Crippen molar-refractivity contribution < 1.29 is 19.4 Å². The van der Waals surface area contributed by atoms with Crippen LogP contribution in [0.5, 0.6) is 0 Å². The molecule has 2 amide bonds. The largest absolute Gasteiger partial charge is 0.443 e. The van der Waals surface area contributed by atoms with Gasteiger partial charge in [-0.15, -0.1) is 0 Å². The smallest absolute Gasteiger partial charge is 0.416 e. The third kappa shape index (κ3) is 6.20. The van der Waals surface area contributed by atoms with Crippen molar-refractivity contribution in [2.45, 2.75) is 65.0 Å². The minimum absolute atomic E-state index is 0.00296. The second-order valence-corrected chi connectivity index (χ2v) is 7.99. The number of rotatable bonds is 6. The van der Waals surface area contributed by atoms with Gasteiger partial charge in [0.1, 0.15) is 11.4 Å². The second-order valence-electron chi connectivity index (χ2n) is 7.99. The Morgan fingerprint density at radius 2 is 2.15 bits per heavy atom. The van der Waals surface area contributed by atoms with Gasteiger partial charge in [0.2, 0.25) is 5.91 Å². The van der Waals surface area contributed by atoms with E-state index in [-0.39, 0.29) is 18.6 Å². The molecule has 7 nitrogen and oxygen atoms in total. The molecule has 7 heteroatoms. The monoisotopic (exact) mass is 377 g/mol. The molecule has 0 radical (unpaired) electrons. The standard InChI is InChI=1S/C20H31N3O4/c1-15-9-10-21-17(13-15)23(19(26)27-20(2,3)4)12-6-8-18(25)22-11-5-7-16(22)14-24/h9-10,13,16,24H,5-8,11-12,14H2,1-4H3. The van der Waals surface area contributed by atoms with Crippen LogP contribution in [0.3, 0.4) is 0 Å². The van der Waals surface area contributed by atoms with Crippen molar-refractivity contribution in [3.05, 3.63) is 23.9 Å². The maximum absolute atomic E-state index is 12.6. The summed E-state index contributed by atoms with van der Waals surface area (Å²) >= 11 is 0. The van der Waals surface area contributed by atoms with E-state index in [1.54, 1.807) is 11.1 Å². The van der Waals surface area contributed by atoms with Crippen molar-refractivity contribution in [3.63, 3.8) is 0 Å². The predicted molar refractivity (Wildman–Crippen MR) is 104 cm³/mol. The van der Waals surface area contributed by atoms with Gasteiger partial charge < -0.3 is 14.7 Å². The van der Waals surface area contributed by atoms with Crippen LogP contribution in [0.1, 0.15) is 52.0 Å². The van der Waals surface area contributed by atoms with Crippen molar-refractivity contribution in [2.24, 2.45) is 0 Å². The van der Waals surface area contributed by atoms with E-state index in [1.165, 1.54) is 4.90 Å². The third-order valence-corrected chi connectivity index (χ3v) is 4.47. The highest BCUT2D eigenvalue weighted by atomic mass is 16.6. The number of aliphatic hydroxyl groups excluding tert-OH is 1. The Balaban J connectivity index is 2.01. The first-order chi connectivity index (χ1) is 12.7. The first kappa shape index (κ1) is 21.2. The van der Waals surface area contributed by atoms with Crippen molar-refractivity contribution in [2.75, 3.05) is 24.6 Å². The van der Waals surface area contributed by atoms with Gasteiger partial charge in [0.05, 0.1) is 12.6 Å². The Morgan fingerprint density at radius 3 is 2.78 bits per heavy atom. The van der Waals surface area contributed by atoms with Crippen LogP contribution in [0.15, 0.2) is 18.3 Å². The first-order valence-corrected chi connectivity index (χ1v) is 9.55. The molecule has 0 aliphatic carbocycles. The zero-order valence-electron chi connectivity index (χ0n) is 16.8. The number of nitrogens with zero attached hydrogens (tertiary/aromatic N) is 3. The van der Waals surface area contributed by atoms with Crippen molar-refractivity contribution in [1.82, 2.24) is 9.88 Å². The van der Waals surface area contributed by atoms with Gasteiger partial charge in [0.15, 0.2) is 0 Å². The van der Waals surface area contributed by atoms with E-state index >= 15 is 0 Å². The summed E-state index contributed by atoms with van der Waals surface area (Å²) in [5.74, 6) is 0.541. The van der Waals surface area contributed by atoms with Gasteiger partial charge in [-0.1, -0.05) is 0 Å². The van der Waals surface area contributed by atoms with Crippen molar-refractivity contribution in [3.8, 4) is 0 Å². The average Bonchev–Trinajstić information content (AvgIpc) is 3.05. The fourth-order valence-electron chi connectivity index (χ4n) is 3.17. The van der Waals surface area contributed by atoms with Crippen LogP contribution in [0, 0.1) is 6.92 Å². The lowest BCUT2D eigenvalue weighted by Gasteiger charge is -2.27. The number of amides is 2. The van der Waals surface area contributed by atoms with E-state index in [4.69, 9.17) is 4.74 Å². The SMILES string of the molecule is Cc1ccnc(N(CCCC(=O)N2CCCC2CO)C(=O)OC(C)(C)C)c1. The van der Waals surface area contributed by atoms with Gasteiger partial charge in [0, 0.05) is 25.7 Å². The molecule has 27 heavy (non-hydrogen) atoms. The number of carbonyl (C=O) groups excluding carboxylic acids is 2. The van der Waals surface area contributed by atoms with E-state index < -0.39 is 11.7 Å². The van der Waals surface area contributed by atoms with E-state index in [0.29, 0.717) is 31.7 Å². The molecule has 1 saturated heterocycles. The number of hydrogen-bond donors (Lipinski definition) is 1. The summed E-state index contributed by atoms with van der Waals surface area (Å²) in [7, 11) is 0. The third-order valence-electron chi connectivity index (χ3n) is 4.47. The van der Waals surface area contributed by atoms with E-state index in [0.717, 1.165) is 18.4 Å². The molecule has 0 bridgehead atoms. The number of aromatic nitrogens is 1. The van der Waals surface area contributed by atoms with E-state index in [1.807, 2.05) is 39.8 Å². The number of anilines is 1. The fourth-order valence-corrected chi connectivity index (χ4v) is 3.17. The van der Waals surface area contributed by atoms with Crippen LogP contribution in [-0.2, 0) is 9.53 Å². The zero-order chi connectivity index (χ0) is 20.0. The normalized spacial score (nSPS) is 17.1. The lowest BCUT2D eigenvalue weighted by molar-refractivity contribution is -0.132. The van der Waals surface area contributed by atoms with Crippen LogP contribution in [0.4, 0.5) is 10.6 Å². The van der Waals surface area contributed by atoms with Crippen LogP contribution in [0.2, 0.25) is 0 Å². The molecule has 1 aromatic heterocycles. The number of carbonyl (C=O) groups is 2. The Labute approximate surface area is 161 Å². The quantitative estimate of drug-likeness (QED) is 0.824. The van der Waals surface area contributed by atoms with Crippen LogP contribution in [-0.4, -0.2) is 58.3 Å². The van der Waals surface area contributed by atoms with Crippen LogP contribution >= 0.6 is 0 Å². The molecule has 1 atom stereocenters. The first-order valence-electron chi connectivity index (χ1n) is 9.55. The van der Waals surface area contributed by atoms with Crippen LogP contribution in [0.25, 0.3) is 0 Å². The second kappa shape index (κ2) is 9.17. The van der Waals surface area contributed by atoms with Gasteiger partial charge in [-0.2, -0.15) is 0 Å². The molecule has 1 unspecified atom stereocenters. The van der Waals surface area contributed by atoms with E-state index in [2.05, 4.69) is 4.98 Å². The Hall–Kier alpha value is -2.15. The molecule has 1 fully saturated rings. The molecule has 1 aromatic rings. The molecular weight excluding hydrogens is 346 g/mol. The minimum Gasteiger partial charge on any atom is -0.443 e. The Bertz CT molecular complexity index is 657. The summed E-state index contributed by atoms with van der Waals surface area (Å²) in [6.45, 7) is 8.43. The molecule has 150 valence electrons. The lowest BCUT2D eigenvalue weighted by atomic mass is 10.2. The average molecular weight is 377 g/mol. The number of pyridine rings is 1. The molecule has 1 aliphatic heterocycles. The van der Waals surface area contributed by atoms with Gasteiger partial charge >= 0.3 is 6.09 Å². The van der Waals surface area contributed by atoms with Gasteiger partial charge in [-0.05, 0) is 64.7 Å². The topological polar surface area (TPSA) is 83.0 Å². The van der Waals surface area contributed by atoms with Gasteiger partial charge in [-0.3, -0.25) is 9.69 Å². The minimum atomic E-state index is -0.612. The predicted octanol–water partition coefficient (Wildman–Crippen LogP) is 2.90. The van der Waals surface area contributed by atoms with Crippen molar-refractivity contribution >= 4 is 17.8 Å². The highest BCUT2D eigenvalue weighted by Crippen LogP contribution is 2.20. The number of aliphatic hydroxyl groups is 1. The van der Waals surface area contributed by atoms with Gasteiger partial charge in [-0.25, -0.2) is 9.78 Å². The summed E-state index contributed by atoms with van der Waals surface area (Å²) in [5.41, 5.74) is 0.381. The molecule has 1 N–H and O–H groups in total. The molecule has 0 saturated carbocycles. The number of ether oxygens (including phenoxy) is 1. The number of aryl methyl sites for hydroxylation is 1. The number of likely N-dealkylation sites (tertiary alicyclic amines) is 1. The number of hydrogen-bond acceptors (Lipinski definition) is 5. The fraction of sp³-hybridized carbons (Fsp3) is 0.650. The summed E-state index contributed by atoms with van der Waals surface area (Å²) in [6, 6.07) is 3.62. The summed E-state index contributed by atoms with van der Waals surface area (Å²) in [6.07, 6.45) is 3.78. The molecule has 2 rings (SSSR count). The molecule has 0 aromatic carbocycles. The maximum Gasteiger partial charge on any atom is 0.416 e. The maximum atomic E-state index is 12.6. The molecule has 1 aliphatic rings. The lowest BCUT2D eigenvalue weighted by Crippen LogP contribution is -2.40. The highest BCUT2D eigenvalue weighted by molar-refractivity contribution is 5.87. The Kier molecular flexibility index (Phi) is 7.18. The summed E-state index contributed by atoms with van der Waals surface area (Å²) < 4.78 is 5.50. The molecule has 0 spiro atoms. The van der Waals surface area contributed by atoms with Gasteiger partial charge in [0.25, 0.3) is 0 Å². The molecular formula is C20H31N3O4. The Morgan fingerprint density at radius 1 is 1.41 bits per heavy atom. The zero-order valence-corrected chi connectivity index (χ0v) is 16.8.